The van der Waals surface area contributed by atoms with Gasteiger partial charge in [-0.3, -0.25) is 0 Å². The van der Waals surface area contributed by atoms with Gasteiger partial charge in [0.05, 0.1) is 0 Å². The zero-order chi connectivity index (χ0) is 9.42. The van der Waals surface area contributed by atoms with Gasteiger partial charge in [0, 0.05) is 11.8 Å². The lowest BCUT2D eigenvalue weighted by Crippen LogP contribution is -2.08. The molecule has 0 aromatic carbocycles. The van der Waals surface area contributed by atoms with Gasteiger partial charge in [-0.25, -0.2) is 9.37 Å². The Morgan fingerprint density at radius 2 is 2.38 bits per heavy atom. The van der Waals surface area contributed by atoms with Crippen molar-refractivity contribution in [1.82, 2.24) is 4.98 Å². The molecule has 0 radical (unpaired) electrons. The van der Waals surface area contributed by atoms with Crippen LogP contribution in [0.2, 0.25) is 5.15 Å². The Morgan fingerprint density at radius 3 is 3.15 bits per heavy atom. The highest BCUT2D eigenvalue weighted by Crippen LogP contribution is 2.29. The molecular weight excluding hydrogens is 193 g/mol. The molecule has 1 aromatic heterocycles. The van der Waals surface area contributed by atoms with Gasteiger partial charge in [-0.2, -0.15) is 0 Å². The number of fused-ring (bicyclic) bond motifs is 1. The lowest BCUT2D eigenvalue weighted by molar-refractivity contribution is 0.219. The fraction of sp³-hybridized carbons (Fsp3) is 0.222. The highest BCUT2D eigenvalue weighted by molar-refractivity contribution is 6.29. The Labute approximate surface area is 79.7 Å². The quantitative estimate of drug-likeness (QED) is 0.512. The molecule has 68 valence electrons. The molecule has 0 saturated carbocycles. The van der Waals surface area contributed by atoms with E-state index in [0.29, 0.717) is 12.0 Å². The summed E-state index contributed by atoms with van der Waals surface area (Å²) in [6, 6.07) is 0. The third-order valence-electron chi connectivity index (χ3n) is 2.05. The molecule has 0 amide bonds. The van der Waals surface area contributed by atoms with Gasteiger partial charge in [0.25, 0.3) is 0 Å². The Balaban J connectivity index is 2.63. The molecule has 2 nitrogen and oxygen atoms in total. The SMILES string of the molecule is O[C@H]1C=CCc2cnc(Cl)c(F)c21. The summed E-state index contributed by atoms with van der Waals surface area (Å²) in [6.07, 6.45) is 4.51. The van der Waals surface area contributed by atoms with E-state index >= 15 is 0 Å². The van der Waals surface area contributed by atoms with Crippen molar-refractivity contribution in [2.75, 3.05) is 0 Å². The van der Waals surface area contributed by atoms with E-state index in [0.717, 1.165) is 0 Å². The molecular formula is C9H7ClFNO. The third kappa shape index (κ3) is 1.34. The number of nitrogens with zero attached hydrogens (tertiary/aromatic N) is 1. The van der Waals surface area contributed by atoms with Crippen LogP contribution in [-0.2, 0) is 6.42 Å². The minimum Gasteiger partial charge on any atom is -0.384 e. The minimum absolute atomic E-state index is 0.187. The molecule has 13 heavy (non-hydrogen) atoms. The summed E-state index contributed by atoms with van der Waals surface area (Å²) in [7, 11) is 0. The molecule has 1 atom stereocenters. The van der Waals surface area contributed by atoms with Crippen LogP contribution in [0.15, 0.2) is 18.3 Å². The maximum atomic E-state index is 13.3. The van der Waals surface area contributed by atoms with Gasteiger partial charge in [-0.05, 0) is 12.0 Å². The molecule has 4 heteroatoms. The molecule has 0 unspecified atom stereocenters. The number of pyridine rings is 1. The predicted molar refractivity (Wildman–Crippen MR) is 47.0 cm³/mol. The van der Waals surface area contributed by atoms with Gasteiger partial charge in [-0.15, -0.1) is 0 Å². The maximum absolute atomic E-state index is 13.3. The van der Waals surface area contributed by atoms with E-state index in [4.69, 9.17) is 11.6 Å². The van der Waals surface area contributed by atoms with E-state index in [2.05, 4.69) is 4.98 Å². The van der Waals surface area contributed by atoms with Gasteiger partial charge in [0.15, 0.2) is 11.0 Å². The molecule has 1 aromatic rings. The standard InChI is InChI=1S/C9H7ClFNO/c10-9-8(11)7-5(4-12-9)2-1-3-6(7)13/h1,3-4,6,13H,2H2/t6-/m0/s1. The van der Waals surface area contributed by atoms with Gasteiger partial charge < -0.3 is 5.11 Å². The van der Waals surface area contributed by atoms with Crippen LogP contribution in [0.25, 0.3) is 0 Å². The molecule has 1 heterocycles. The zero-order valence-corrected chi connectivity index (χ0v) is 7.42. The second kappa shape index (κ2) is 3.09. The molecule has 0 saturated heterocycles. The van der Waals surface area contributed by atoms with Crippen LogP contribution < -0.4 is 0 Å². The summed E-state index contributed by atoms with van der Waals surface area (Å²) in [5.74, 6) is -0.615. The number of aromatic nitrogens is 1. The van der Waals surface area contributed by atoms with Crippen LogP contribution in [0.4, 0.5) is 4.39 Å². The molecule has 0 bridgehead atoms. The first-order valence-corrected chi connectivity index (χ1v) is 4.25. The van der Waals surface area contributed by atoms with Crippen molar-refractivity contribution in [2.24, 2.45) is 0 Å². The van der Waals surface area contributed by atoms with Gasteiger partial charge in [-0.1, -0.05) is 23.8 Å². The summed E-state index contributed by atoms with van der Waals surface area (Å²) in [5, 5.41) is 9.27. The smallest absolute Gasteiger partial charge is 0.166 e. The van der Waals surface area contributed by atoms with Crippen molar-refractivity contribution in [3.63, 3.8) is 0 Å². The van der Waals surface area contributed by atoms with Crippen molar-refractivity contribution in [3.8, 4) is 0 Å². The first-order chi connectivity index (χ1) is 6.20. The second-order valence-corrected chi connectivity index (χ2v) is 3.24. The summed E-state index contributed by atoms with van der Waals surface area (Å²) in [6.45, 7) is 0. The van der Waals surface area contributed by atoms with Gasteiger partial charge in [0.1, 0.15) is 6.10 Å². The molecule has 0 spiro atoms. The van der Waals surface area contributed by atoms with Crippen molar-refractivity contribution >= 4 is 11.6 Å². The fourth-order valence-corrected chi connectivity index (χ4v) is 1.57. The number of hydrogen-bond donors (Lipinski definition) is 1. The first kappa shape index (κ1) is 8.66. The van der Waals surface area contributed by atoms with Crippen LogP contribution in [0.1, 0.15) is 17.2 Å². The van der Waals surface area contributed by atoms with E-state index in [1.807, 2.05) is 0 Å². The van der Waals surface area contributed by atoms with Crippen LogP contribution in [0, 0.1) is 5.82 Å². The molecule has 0 fully saturated rings. The largest absolute Gasteiger partial charge is 0.384 e. The van der Waals surface area contributed by atoms with Crippen molar-refractivity contribution < 1.29 is 9.50 Å². The van der Waals surface area contributed by atoms with E-state index in [9.17, 15) is 9.50 Å². The van der Waals surface area contributed by atoms with E-state index in [1.165, 1.54) is 6.20 Å². The summed E-state index contributed by atoms with van der Waals surface area (Å²) >= 11 is 5.49. The Kier molecular flexibility index (Phi) is 2.06. The monoisotopic (exact) mass is 199 g/mol. The van der Waals surface area contributed by atoms with E-state index < -0.39 is 11.9 Å². The Morgan fingerprint density at radius 1 is 1.62 bits per heavy atom. The van der Waals surface area contributed by atoms with E-state index in [1.54, 1.807) is 12.2 Å². The summed E-state index contributed by atoms with van der Waals surface area (Å²) < 4.78 is 13.3. The van der Waals surface area contributed by atoms with Gasteiger partial charge in [0.2, 0.25) is 0 Å². The number of aliphatic hydroxyl groups excluding tert-OH is 1. The maximum Gasteiger partial charge on any atom is 0.166 e. The third-order valence-corrected chi connectivity index (χ3v) is 2.31. The lowest BCUT2D eigenvalue weighted by Gasteiger charge is -2.16. The first-order valence-electron chi connectivity index (χ1n) is 3.87. The Hall–Kier alpha value is -0.930. The molecule has 1 N–H and O–H groups in total. The molecule has 0 aliphatic heterocycles. The summed E-state index contributed by atoms with van der Waals surface area (Å²) in [4.78, 5) is 3.67. The zero-order valence-electron chi connectivity index (χ0n) is 6.67. The average molecular weight is 200 g/mol. The van der Waals surface area contributed by atoms with Crippen LogP contribution >= 0.6 is 11.6 Å². The summed E-state index contributed by atoms with van der Waals surface area (Å²) in [5.41, 5.74) is 0.944. The van der Waals surface area contributed by atoms with Crippen molar-refractivity contribution in [3.05, 3.63) is 40.4 Å². The minimum atomic E-state index is -0.899. The molecule has 1 aliphatic carbocycles. The number of rotatable bonds is 0. The Bertz CT molecular complexity index is 378. The predicted octanol–water partition coefficient (Wildman–Crippen LogP) is 2.02. The normalized spacial score (nSPS) is 20.1. The highest BCUT2D eigenvalue weighted by atomic mass is 35.5. The van der Waals surface area contributed by atoms with Crippen LogP contribution in [0.3, 0.4) is 0 Å². The van der Waals surface area contributed by atoms with Crippen molar-refractivity contribution in [2.45, 2.75) is 12.5 Å². The van der Waals surface area contributed by atoms with Crippen molar-refractivity contribution in [1.29, 1.82) is 0 Å². The highest BCUT2D eigenvalue weighted by Gasteiger charge is 2.20. The molecule has 1 aliphatic rings. The van der Waals surface area contributed by atoms with Crippen LogP contribution in [-0.4, -0.2) is 10.1 Å². The molecule has 2 rings (SSSR count). The van der Waals surface area contributed by atoms with Crippen LogP contribution in [0.5, 0.6) is 0 Å². The lowest BCUT2D eigenvalue weighted by atomic mass is 9.96. The number of halogens is 2. The van der Waals surface area contributed by atoms with E-state index in [-0.39, 0.29) is 10.7 Å². The number of hydrogen-bond acceptors (Lipinski definition) is 2. The number of allylic oxidation sites excluding steroid dienone is 1. The topological polar surface area (TPSA) is 33.1 Å². The second-order valence-electron chi connectivity index (χ2n) is 2.88. The average Bonchev–Trinajstić information content (AvgIpc) is 2.12. The van der Waals surface area contributed by atoms with Gasteiger partial charge >= 0.3 is 0 Å². The fourth-order valence-electron chi connectivity index (χ4n) is 1.42. The number of aliphatic hydroxyl groups is 1.